The molecule has 2 N–H and O–H groups in total. The Hall–Kier alpha value is -2.35. The Morgan fingerprint density at radius 1 is 1.31 bits per heavy atom. The SMILES string of the molecule is COc1c(F)c(N2CCC(CO)C2)c(C)c2c1c(=O)[nH]c(=O)n2C1CC1. The van der Waals surface area contributed by atoms with Gasteiger partial charge < -0.3 is 14.7 Å². The number of aromatic nitrogens is 2. The Kier molecular flexibility index (Phi) is 4.02. The molecule has 1 atom stereocenters. The number of halogens is 1. The van der Waals surface area contributed by atoms with Crippen molar-refractivity contribution >= 4 is 16.6 Å². The van der Waals surface area contributed by atoms with Crippen molar-refractivity contribution in [3.63, 3.8) is 0 Å². The number of aromatic amines is 1. The van der Waals surface area contributed by atoms with Gasteiger partial charge in [-0.25, -0.2) is 9.18 Å². The number of aryl methyl sites for hydroxylation is 1. The molecule has 2 heterocycles. The first-order valence-electron chi connectivity index (χ1n) is 8.88. The molecule has 0 spiro atoms. The van der Waals surface area contributed by atoms with Crippen LogP contribution in [-0.2, 0) is 0 Å². The van der Waals surface area contributed by atoms with E-state index in [1.807, 2.05) is 4.90 Å². The van der Waals surface area contributed by atoms with Crippen molar-refractivity contribution in [2.45, 2.75) is 32.2 Å². The summed E-state index contributed by atoms with van der Waals surface area (Å²) in [4.78, 5) is 29.0. The molecule has 1 aliphatic heterocycles. The lowest BCUT2D eigenvalue weighted by molar-refractivity contribution is 0.238. The van der Waals surface area contributed by atoms with Crippen LogP contribution < -0.4 is 20.9 Å². The second-order valence-corrected chi connectivity index (χ2v) is 7.19. The summed E-state index contributed by atoms with van der Waals surface area (Å²) in [5.74, 6) is -0.647. The summed E-state index contributed by atoms with van der Waals surface area (Å²) in [5, 5.41) is 9.48. The number of ether oxygens (including phenoxy) is 1. The van der Waals surface area contributed by atoms with Crippen LogP contribution in [0.25, 0.3) is 10.9 Å². The van der Waals surface area contributed by atoms with Gasteiger partial charge in [0.25, 0.3) is 5.56 Å². The molecule has 1 aliphatic carbocycles. The van der Waals surface area contributed by atoms with Gasteiger partial charge in [0.1, 0.15) is 5.39 Å². The molecule has 0 bridgehead atoms. The molecule has 1 aromatic heterocycles. The fourth-order valence-electron chi connectivity index (χ4n) is 4.06. The number of nitrogens with zero attached hydrogens (tertiary/aromatic N) is 2. The maximum absolute atomic E-state index is 15.3. The lowest BCUT2D eigenvalue weighted by atomic mass is 10.1. The number of anilines is 1. The van der Waals surface area contributed by atoms with Crippen molar-refractivity contribution in [2.24, 2.45) is 5.92 Å². The molecule has 1 saturated carbocycles. The molecule has 8 heteroatoms. The van der Waals surface area contributed by atoms with E-state index >= 15 is 4.39 Å². The Morgan fingerprint density at radius 2 is 2.04 bits per heavy atom. The molecule has 0 radical (unpaired) electrons. The summed E-state index contributed by atoms with van der Waals surface area (Å²) in [6.45, 7) is 2.92. The highest BCUT2D eigenvalue weighted by Gasteiger charge is 2.33. The summed E-state index contributed by atoms with van der Waals surface area (Å²) < 4.78 is 22.1. The molecular formula is C18H22FN3O4. The summed E-state index contributed by atoms with van der Waals surface area (Å²) in [5.41, 5.74) is 0.253. The number of benzene rings is 1. The number of H-pyrrole nitrogens is 1. The monoisotopic (exact) mass is 363 g/mol. The van der Waals surface area contributed by atoms with E-state index in [0.29, 0.717) is 29.9 Å². The van der Waals surface area contributed by atoms with Gasteiger partial charge in [-0.15, -0.1) is 0 Å². The maximum atomic E-state index is 15.3. The van der Waals surface area contributed by atoms with Crippen molar-refractivity contribution in [1.29, 1.82) is 0 Å². The number of nitrogens with one attached hydrogen (secondary N) is 1. The molecule has 7 nitrogen and oxygen atoms in total. The number of rotatable bonds is 4. The second kappa shape index (κ2) is 6.12. The predicted octanol–water partition coefficient (Wildman–Crippen LogP) is 1.30. The number of aliphatic hydroxyl groups excluding tert-OH is 1. The summed E-state index contributed by atoms with van der Waals surface area (Å²) in [6, 6.07) is 0.0207. The first-order chi connectivity index (χ1) is 12.5. The zero-order valence-corrected chi connectivity index (χ0v) is 14.8. The van der Waals surface area contributed by atoms with Gasteiger partial charge in [-0.2, -0.15) is 0 Å². The first-order valence-corrected chi connectivity index (χ1v) is 8.88. The highest BCUT2D eigenvalue weighted by atomic mass is 19.1. The highest BCUT2D eigenvalue weighted by molar-refractivity contribution is 5.93. The van der Waals surface area contributed by atoms with Crippen LogP contribution in [0.3, 0.4) is 0 Å². The Bertz CT molecular complexity index is 993. The fourth-order valence-corrected chi connectivity index (χ4v) is 4.06. The zero-order valence-electron chi connectivity index (χ0n) is 14.8. The minimum absolute atomic E-state index is 0.0207. The molecule has 140 valence electrons. The van der Waals surface area contributed by atoms with E-state index in [-0.39, 0.29) is 29.7 Å². The Labute approximate surface area is 149 Å². The number of aliphatic hydroxyl groups is 1. The van der Waals surface area contributed by atoms with E-state index in [1.165, 1.54) is 7.11 Å². The largest absolute Gasteiger partial charge is 0.493 e. The molecule has 2 aromatic rings. The third-order valence-corrected chi connectivity index (χ3v) is 5.47. The zero-order chi connectivity index (χ0) is 18.6. The van der Waals surface area contributed by atoms with E-state index in [1.54, 1.807) is 11.5 Å². The summed E-state index contributed by atoms with van der Waals surface area (Å²) >= 11 is 0. The van der Waals surface area contributed by atoms with Crippen LogP contribution in [0, 0.1) is 18.7 Å². The van der Waals surface area contributed by atoms with Gasteiger partial charge in [-0.3, -0.25) is 14.3 Å². The van der Waals surface area contributed by atoms with E-state index < -0.39 is 17.1 Å². The van der Waals surface area contributed by atoms with Gasteiger partial charge in [0.2, 0.25) is 0 Å². The van der Waals surface area contributed by atoms with Gasteiger partial charge in [-0.05, 0) is 26.2 Å². The van der Waals surface area contributed by atoms with Crippen LogP contribution >= 0.6 is 0 Å². The van der Waals surface area contributed by atoms with Gasteiger partial charge in [0, 0.05) is 37.2 Å². The fraction of sp³-hybridized carbons (Fsp3) is 0.556. The van der Waals surface area contributed by atoms with E-state index in [0.717, 1.165) is 19.3 Å². The predicted molar refractivity (Wildman–Crippen MR) is 95.8 cm³/mol. The van der Waals surface area contributed by atoms with Crippen LogP contribution in [0.5, 0.6) is 5.75 Å². The number of methoxy groups -OCH3 is 1. The molecule has 1 unspecified atom stereocenters. The first kappa shape index (κ1) is 17.1. The third-order valence-electron chi connectivity index (χ3n) is 5.47. The Morgan fingerprint density at radius 3 is 2.62 bits per heavy atom. The van der Waals surface area contributed by atoms with Gasteiger partial charge in [0.05, 0.1) is 18.3 Å². The molecule has 2 fully saturated rings. The van der Waals surface area contributed by atoms with Crippen molar-refractivity contribution in [2.75, 3.05) is 31.7 Å². The molecule has 1 aromatic carbocycles. The number of fused-ring (bicyclic) bond motifs is 1. The maximum Gasteiger partial charge on any atom is 0.329 e. The molecule has 2 aliphatic rings. The lowest BCUT2D eigenvalue weighted by Crippen LogP contribution is -2.32. The van der Waals surface area contributed by atoms with E-state index in [9.17, 15) is 14.7 Å². The third kappa shape index (κ3) is 2.43. The average molecular weight is 363 g/mol. The Balaban J connectivity index is 2.06. The number of hydrogen-bond donors (Lipinski definition) is 2. The minimum atomic E-state index is -0.637. The van der Waals surface area contributed by atoms with Crippen molar-refractivity contribution in [1.82, 2.24) is 9.55 Å². The molecule has 26 heavy (non-hydrogen) atoms. The molecule has 1 saturated heterocycles. The minimum Gasteiger partial charge on any atom is -0.493 e. The van der Waals surface area contributed by atoms with Crippen molar-refractivity contribution < 1.29 is 14.2 Å². The summed E-state index contributed by atoms with van der Waals surface area (Å²) in [6.07, 6.45) is 2.47. The highest BCUT2D eigenvalue weighted by Crippen LogP contribution is 2.42. The molecule has 0 amide bonds. The lowest BCUT2D eigenvalue weighted by Gasteiger charge is -2.25. The quantitative estimate of drug-likeness (QED) is 0.855. The second-order valence-electron chi connectivity index (χ2n) is 7.19. The van der Waals surface area contributed by atoms with Crippen LogP contribution in [0.2, 0.25) is 0 Å². The molecular weight excluding hydrogens is 341 g/mol. The average Bonchev–Trinajstić information content (AvgIpc) is 3.33. The van der Waals surface area contributed by atoms with Crippen molar-refractivity contribution in [3.8, 4) is 5.75 Å². The van der Waals surface area contributed by atoms with Crippen molar-refractivity contribution in [3.05, 3.63) is 32.2 Å². The van der Waals surface area contributed by atoms with Crippen LogP contribution in [0.15, 0.2) is 9.59 Å². The van der Waals surface area contributed by atoms with E-state index in [4.69, 9.17) is 4.74 Å². The topological polar surface area (TPSA) is 87.6 Å². The smallest absolute Gasteiger partial charge is 0.329 e. The molecule has 4 rings (SSSR count). The van der Waals surface area contributed by atoms with Crippen LogP contribution in [0.1, 0.15) is 30.9 Å². The number of hydrogen-bond acceptors (Lipinski definition) is 5. The van der Waals surface area contributed by atoms with Gasteiger partial charge in [-0.1, -0.05) is 0 Å². The van der Waals surface area contributed by atoms with Gasteiger partial charge >= 0.3 is 5.69 Å². The van der Waals surface area contributed by atoms with Crippen LogP contribution in [-0.4, -0.2) is 41.5 Å². The van der Waals surface area contributed by atoms with E-state index in [2.05, 4.69) is 4.98 Å². The standard InChI is InChI=1S/C18H22FN3O4/c1-9-14-12(17(24)20-18(25)22(14)11-3-4-11)16(26-2)13(19)15(9)21-6-5-10(7-21)8-23/h10-11,23H,3-8H2,1-2H3,(H,20,24,25). The van der Waals surface area contributed by atoms with Crippen LogP contribution in [0.4, 0.5) is 10.1 Å². The van der Waals surface area contributed by atoms with Gasteiger partial charge in [0.15, 0.2) is 11.6 Å². The summed E-state index contributed by atoms with van der Waals surface area (Å²) in [7, 11) is 1.32. The normalized spacial score (nSPS) is 20.2.